The van der Waals surface area contributed by atoms with Gasteiger partial charge in [-0.05, 0) is 19.3 Å². The Balaban J connectivity index is 2.49. The predicted molar refractivity (Wildman–Crippen MR) is 60.2 cm³/mol. The fraction of sp³-hybridized carbons (Fsp3) is 0.778. The maximum Gasteiger partial charge on any atom is 0.317 e. The second-order valence-corrected chi connectivity index (χ2v) is 3.96. The molecule has 1 unspecified atom stereocenters. The average molecular weight is 215 g/mol. The lowest BCUT2D eigenvalue weighted by Crippen LogP contribution is -2.47. The van der Waals surface area contributed by atoms with Gasteiger partial charge in [0, 0.05) is 13.1 Å². The Kier molecular flexibility index (Phi) is 4.13. The lowest BCUT2D eigenvalue weighted by Gasteiger charge is -2.23. The van der Waals surface area contributed by atoms with E-state index in [1.807, 2.05) is 6.92 Å². The summed E-state index contributed by atoms with van der Waals surface area (Å²) in [4.78, 5) is 13.8. The van der Waals surface area contributed by atoms with Gasteiger partial charge >= 0.3 is 6.03 Å². The third-order valence-corrected chi connectivity index (χ3v) is 2.64. The van der Waals surface area contributed by atoms with Crippen LogP contribution >= 0.6 is 12.2 Å². The van der Waals surface area contributed by atoms with Crippen molar-refractivity contribution < 1.29 is 4.79 Å². The molecular formula is C9H17N3OS. The number of carbonyl (C=O) groups is 1. The van der Waals surface area contributed by atoms with Crippen LogP contribution in [0.25, 0.3) is 0 Å². The highest BCUT2D eigenvalue weighted by Gasteiger charge is 2.30. The summed E-state index contributed by atoms with van der Waals surface area (Å²) in [5.41, 5.74) is 5.56. The molecule has 1 saturated heterocycles. The molecule has 3 N–H and O–H groups in total. The van der Waals surface area contributed by atoms with Crippen LogP contribution in [0.3, 0.4) is 0 Å². The van der Waals surface area contributed by atoms with Gasteiger partial charge in [-0.15, -0.1) is 0 Å². The van der Waals surface area contributed by atoms with Crippen LogP contribution in [0.15, 0.2) is 0 Å². The van der Waals surface area contributed by atoms with Crippen LogP contribution in [0.1, 0.15) is 26.2 Å². The first-order valence-electron chi connectivity index (χ1n) is 5.00. The van der Waals surface area contributed by atoms with Crippen molar-refractivity contribution >= 4 is 23.2 Å². The molecule has 0 aromatic heterocycles. The smallest absolute Gasteiger partial charge is 0.317 e. The molecule has 0 bridgehead atoms. The first-order valence-corrected chi connectivity index (χ1v) is 5.41. The molecule has 5 heteroatoms. The van der Waals surface area contributed by atoms with Gasteiger partial charge in [0.25, 0.3) is 0 Å². The molecule has 0 aromatic carbocycles. The van der Waals surface area contributed by atoms with Crippen LogP contribution in [0, 0.1) is 0 Å². The summed E-state index contributed by atoms with van der Waals surface area (Å²) >= 11 is 4.92. The van der Waals surface area contributed by atoms with E-state index in [4.69, 9.17) is 18.0 Å². The van der Waals surface area contributed by atoms with Crippen LogP contribution in [-0.4, -0.2) is 35.1 Å². The van der Waals surface area contributed by atoms with E-state index in [9.17, 15) is 4.79 Å². The minimum absolute atomic E-state index is 0.0397. The van der Waals surface area contributed by atoms with Crippen molar-refractivity contribution in [1.82, 2.24) is 10.2 Å². The average Bonchev–Trinajstić information content (AvgIpc) is 2.62. The fourth-order valence-electron chi connectivity index (χ4n) is 1.64. The van der Waals surface area contributed by atoms with Crippen LogP contribution < -0.4 is 11.1 Å². The second kappa shape index (κ2) is 5.14. The summed E-state index contributed by atoms with van der Waals surface area (Å²) in [6, 6.07) is -0.0796. The molecule has 14 heavy (non-hydrogen) atoms. The standard InChI is InChI=1S/C9H17N3OS/c1-2-5-11-9(13)12-6-3-4-7(12)8(10)14/h7H,2-6H2,1H3,(H2,10,14)(H,11,13). The molecule has 80 valence electrons. The first kappa shape index (κ1) is 11.2. The van der Waals surface area contributed by atoms with Crippen LogP contribution in [0.2, 0.25) is 0 Å². The highest BCUT2D eigenvalue weighted by atomic mass is 32.1. The zero-order valence-electron chi connectivity index (χ0n) is 8.45. The van der Waals surface area contributed by atoms with E-state index in [1.165, 1.54) is 0 Å². The van der Waals surface area contributed by atoms with Gasteiger partial charge in [-0.3, -0.25) is 0 Å². The lowest BCUT2D eigenvalue weighted by atomic mass is 10.2. The van der Waals surface area contributed by atoms with Crippen molar-refractivity contribution in [1.29, 1.82) is 0 Å². The molecule has 1 aliphatic heterocycles. The molecule has 0 spiro atoms. The number of nitrogens with two attached hydrogens (primary N) is 1. The van der Waals surface area contributed by atoms with Crippen molar-refractivity contribution in [2.24, 2.45) is 5.73 Å². The van der Waals surface area contributed by atoms with Gasteiger partial charge in [0.2, 0.25) is 0 Å². The molecule has 0 aromatic rings. The maximum absolute atomic E-state index is 11.6. The SMILES string of the molecule is CCCNC(=O)N1CCCC1C(N)=S. The second-order valence-electron chi connectivity index (χ2n) is 3.49. The maximum atomic E-state index is 11.6. The quantitative estimate of drug-likeness (QED) is 0.686. The summed E-state index contributed by atoms with van der Waals surface area (Å²) in [6.45, 7) is 3.49. The minimum atomic E-state index is -0.0399. The molecular weight excluding hydrogens is 198 g/mol. The van der Waals surface area contributed by atoms with Gasteiger partial charge in [0.15, 0.2) is 0 Å². The van der Waals surface area contributed by atoms with Gasteiger partial charge in [-0.1, -0.05) is 19.1 Å². The van der Waals surface area contributed by atoms with Crippen molar-refractivity contribution in [2.45, 2.75) is 32.2 Å². The summed E-state index contributed by atoms with van der Waals surface area (Å²) in [5.74, 6) is 0. The monoisotopic (exact) mass is 215 g/mol. The number of amides is 2. The Morgan fingerprint density at radius 1 is 1.71 bits per heavy atom. The van der Waals surface area contributed by atoms with Gasteiger partial charge in [0.1, 0.15) is 0 Å². The first-order chi connectivity index (χ1) is 6.66. The number of hydrogen-bond acceptors (Lipinski definition) is 2. The number of thiocarbonyl (C=S) groups is 1. The van der Waals surface area contributed by atoms with Crippen molar-refractivity contribution in [3.8, 4) is 0 Å². The Morgan fingerprint density at radius 3 is 3.00 bits per heavy atom. The third-order valence-electron chi connectivity index (χ3n) is 2.37. The van der Waals surface area contributed by atoms with E-state index < -0.39 is 0 Å². The Labute approximate surface area is 89.8 Å². The zero-order chi connectivity index (χ0) is 10.6. The van der Waals surface area contributed by atoms with E-state index in [-0.39, 0.29) is 12.1 Å². The zero-order valence-corrected chi connectivity index (χ0v) is 9.27. The van der Waals surface area contributed by atoms with E-state index in [1.54, 1.807) is 4.90 Å². The minimum Gasteiger partial charge on any atom is -0.392 e. The third kappa shape index (κ3) is 2.57. The molecule has 1 atom stereocenters. The van der Waals surface area contributed by atoms with Crippen molar-refractivity contribution in [3.05, 3.63) is 0 Å². The number of nitrogens with zero attached hydrogens (tertiary/aromatic N) is 1. The molecule has 0 radical (unpaired) electrons. The summed E-state index contributed by atoms with van der Waals surface area (Å²) in [6.07, 6.45) is 2.83. The number of nitrogens with one attached hydrogen (secondary N) is 1. The summed E-state index contributed by atoms with van der Waals surface area (Å²) in [7, 11) is 0. The Morgan fingerprint density at radius 2 is 2.43 bits per heavy atom. The van der Waals surface area contributed by atoms with Gasteiger partial charge < -0.3 is 16.0 Å². The number of urea groups is 1. The van der Waals surface area contributed by atoms with Crippen molar-refractivity contribution in [2.75, 3.05) is 13.1 Å². The molecule has 1 heterocycles. The van der Waals surface area contributed by atoms with Gasteiger partial charge in [0.05, 0.1) is 11.0 Å². The number of likely N-dealkylation sites (tertiary alicyclic amines) is 1. The Bertz CT molecular complexity index is 232. The van der Waals surface area contributed by atoms with Crippen LogP contribution in [0.5, 0.6) is 0 Å². The topological polar surface area (TPSA) is 58.4 Å². The van der Waals surface area contributed by atoms with E-state index >= 15 is 0 Å². The molecule has 1 aliphatic rings. The summed E-state index contributed by atoms with van der Waals surface area (Å²) in [5, 5.41) is 2.83. The number of rotatable bonds is 3. The van der Waals surface area contributed by atoms with Crippen LogP contribution in [0.4, 0.5) is 4.79 Å². The largest absolute Gasteiger partial charge is 0.392 e. The lowest BCUT2D eigenvalue weighted by molar-refractivity contribution is 0.203. The van der Waals surface area contributed by atoms with E-state index in [0.29, 0.717) is 11.5 Å². The highest BCUT2D eigenvalue weighted by Crippen LogP contribution is 2.17. The van der Waals surface area contributed by atoms with Gasteiger partial charge in [-0.25, -0.2) is 4.79 Å². The molecule has 4 nitrogen and oxygen atoms in total. The molecule has 1 fully saturated rings. The molecule has 0 saturated carbocycles. The number of carbonyl (C=O) groups excluding carboxylic acids is 1. The molecule has 2 amide bonds. The summed E-state index contributed by atoms with van der Waals surface area (Å²) < 4.78 is 0. The fourth-order valence-corrected chi connectivity index (χ4v) is 1.88. The van der Waals surface area contributed by atoms with Gasteiger partial charge in [-0.2, -0.15) is 0 Å². The molecule has 0 aliphatic carbocycles. The van der Waals surface area contributed by atoms with E-state index in [0.717, 1.165) is 25.8 Å². The molecule has 1 rings (SSSR count). The van der Waals surface area contributed by atoms with Crippen LogP contribution in [-0.2, 0) is 0 Å². The van der Waals surface area contributed by atoms with Crippen molar-refractivity contribution in [3.63, 3.8) is 0 Å². The normalized spacial score (nSPS) is 20.9. The predicted octanol–water partition coefficient (Wildman–Crippen LogP) is 0.857. The Hall–Kier alpha value is -0.840. The highest BCUT2D eigenvalue weighted by molar-refractivity contribution is 7.80. The van der Waals surface area contributed by atoms with E-state index in [2.05, 4.69) is 5.32 Å². The number of hydrogen-bond donors (Lipinski definition) is 2.